The van der Waals surface area contributed by atoms with Crippen LogP contribution in [0.3, 0.4) is 0 Å². The van der Waals surface area contributed by atoms with Gasteiger partial charge in [0.05, 0.1) is 13.1 Å². The van der Waals surface area contributed by atoms with Crippen molar-refractivity contribution in [2.75, 3.05) is 58.9 Å². The normalized spacial score (nSPS) is 20.4. The Labute approximate surface area is 152 Å². The lowest BCUT2D eigenvalue weighted by Crippen LogP contribution is -2.52. The summed E-state index contributed by atoms with van der Waals surface area (Å²) in [5.74, 6) is 1.04. The number of rotatable bonds is 8. The topological polar surface area (TPSA) is 55.9 Å². The van der Waals surface area contributed by atoms with Crippen LogP contribution in [-0.2, 0) is 9.59 Å². The quantitative estimate of drug-likeness (QED) is 0.712. The molecule has 6 heteroatoms. The summed E-state index contributed by atoms with van der Waals surface area (Å²) in [6, 6.07) is 0. The molecular formula is C19H36N4O2. The number of amides is 2. The number of likely N-dealkylation sites (N-methyl/N-ethyl adjacent to an activating group) is 1. The van der Waals surface area contributed by atoms with E-state index < -0.39 is 0 Å². The highest BCUT2D eigenvalue weighted by atomic mass is 16.2. The van der Waals surface area contributed by atoms with Gasteiger partial charge in [0, 0.05) is 45.8 Å². The predicted molar refractivity (Wildman–Crippen MR) is 100 cm³/mol. The summed E-state index contributed by atoms with van der Waals surface area (Å²) in [5, 5.41) is 3.12. The first-order chi connectivity index (χ1) is 12.1. The number of hydrogen-bond donors (Lipinski definition) is 1. The van der Waals surface area contributed by atoms with Gasteiger partial charge in [-0.3, -0.25) is 19.4 Å². The summed E-state index contributed by atoms with van der Waals surface area (Å²) < 4.78 is 0. The third-order valence-corrected chi connectivity index (χ3v) is 5.62. The van der Waals surface area contributed by atoms with Crippen LogP contribution in [0.25, 0.3) is 0 Å². The maximum absolute atomic E-state index is 12.2. The van der Waals surface area contributed by atoms with Gasteiger partial charge in [-0.05, 0) is 32.6 Å². The molecule has 1 N–H and O–H groups in total. The van der Waals surface area contributed by atoms with Crippen molar-refractivity contribution in [2.24, 2.45) is 5.92 Å². The molecule has 1 aliphatic carbocycles. The van der Waals surface area contributed by atoms with Gasteiger partial charge < -0.3 is 10.2 Å². The Balaban J connectivity index is 1.61. The summed E-state index contributed by atoms with van der Waals surface area (Å²) >= 11 is 0. The zero-order valence-electron chi connectivity index (χ0n) is 16.1. The van der Waals surface area contributed by atoms with Crippen LogP contribution in [0.1, 0.15) is 46.0 Å². The fourth-order valence-electron chi connectivity index (χ4n) is 3.88. The number of nitrogens with one attached hydrogen (secondary N) is 1. The zero-order chi connectivity index (χ0) is 18.1. The second-order valence-electron chi connectivity index (χ2n) is 7.43. The van der Waals surface area contributed by atoms with E-state index in [1.54, 1.807) is 0 Å². The molecule has 0 aromatic carbocycles. The third-order valence-electron chi connectivity index (χ3n) is 5.62. The van der Waals surface area contributed by atoms with Crippen molar-refractivity contribution < 1.29 is 9.59 Å². The second kappa shape index (κ2) is 10.8. The molecule has 0 bridgehead atoms. The SMILES string of the molecule is CCN(CC)C(=O)CN1CCN(CC(=O)NCC2CCCCC2)CC1. The first-order valence-corrected chi connectivity index (χ1v) is 10.1. The van der Waals surface area contributed by atoms with Crippen molar-refractivity contribution in [2.45, 2.75) is 46.0 Å². The highest BCUT2D eigenvalue weighted by Gasteiger charge is 2.22. The van der Waals surface area contributed by atoms with Crippen molar-refractivity contribution in [1.82, 2.24) is 20.0 Å². The van der Waals surface area contributed by atoms with Crippen molar-refractivity contribution >= 4 is 11.8 Å². The van der Waals surface area contributed by atoms with E-state index >= 15 is 0 Å². The first kappa shape index (κ1) is 20.2. The van der Waals surface area contributed by atoms with E-state index in [9.17, 15) is 9.59 Å². The maximum Gasteiger partial charge on any atom is 0.236 e. The van der Waals surface area contributed by atoms with Crippen LogP contribution < -0.4 is 5.32 Å². The molecular weight excluding hydrogens is 316 g/mol. The van der Waals surface area contributed by atoms with Crippen LogP contribution in [0.5, 0.6) is 0 Å². The van der Waals surface area contributed by atoms with E-state index in [1.165, 1.54) is 32.1 Å². The third kappa shape index (κ3) is 6.94. The van der Waals surface area contributed by atoms with Gasteiger partial charge in [-0.2, -0.15) is 0 Å². The van der Waals surface area contributed by atoms with Crippen molar-refractivity contribution in [3.05, 3.63) is 0 Å². The monoisotopic (exact) mass is 352 g/mol. The highest BCUT2D eigenvalue weighted by molar-refractivity contribution is 5.78. The largest absolute Gasteiger partial charge is 0.355 e. The summed E-state index contributed by atoms with van der Waals surface area (Å²) in [4.78, 5) is 30.6. The van der Waals surface area contributed by atoms with Crippen LogP contribution in [0.4, 0.5) is 0 Å². The Morgan fingerprint density at radius 1 is 0.920 bits per heavy atom. The van der Waals surface area contributed by atoms with Gasteiger partial charge >= 0.3 is 0 Å². The molecule has 0 spiro atoms. The average Bonchev–Trinajstić information content (AvgIpc) is 2.63. The van der Waals surface area contributed by atoms with Gasteiger partial charge in [0.1, 0.15) is 0 Å². The molecule has 0 atom stereocenters. The molecule has 2 aliphatic rings. The maximum atomic E-state index is 12.2. The van der Waals surface area contributed by atoms with Crippen molar-refractivity contribution in [1.29, 1.82) is 0 Å². The van der Waals surface area contributed by atoms with Gasteiger partial charge in [-0.1, -0.05) is 19.3 Å². The molecule has 1 saturated carbocycles. The minimum Gasteiger partial charge on any atom is -0.355 e. The minimum absolute atomic E-state index is 0.151. The molecule has 1 aliphatic heterocycles. The average molecular weight is 353 g/mol. The molecule has 0 unspecified atom stereocenters. The summed E-state index contributed by atoms with van der Waals surface area (Å²) in [5.41, 5.74) is 0. The number of carbonyl (C=O) groups is 2. The van der Waals surface area contributed by atoms with E-state index in [0.29, 0.717) is 19.0 Å². The molecule has 0 radical (unpaired) electrons. The fourth-order valence-corrected chi connectivity index (χ4v) is 3.88. The summed E-state index contributed by atoms with van der Waals surface area (Å²) in [6.45, 7) is 10.9. The smallest absolute Gasteiger partial charge is 0.236 e. The lowest BCUT2D eigenvalue weighted by molar-refractivity contribution is -0.133. The Hall–Kier alpha value is -1.14. The fraction of sp³-hybridized carbons (Fsp3) is 0.895. The first-order valence-electron chi connectivity index (χ1n) is 10.1. The van der Waals surface area contributed by atoms with Crippen LogP contribution in [0, 0.1) is 5.92 Å². The zero-order valence-corrected chi connectivity index (χ0v) is 16.1. The number of nitrogens with zero attached hydrogens (tertiary/aromatic N) is 3. The van der Waals surface area contributed by atoms with Crippen LogP contribution in [-0.4, -0.2) is 85.4 Å². The minimum atomic E-state index is 0.151. The van der Waals surface area contributed by atoms with Crippen molar-refractivity contribution in [3.63, 3.8) is 0 Å². The molecule has 144 valence electrons. The van der Waals surface area contributed by atoms with E-state index in [0.717, 1.165) is 45.8 Å². The van der Waals surface area contributed by atoms with Crippen LogP contribution in [0.15, 0.2) is 0 Å². The van der Waals surface area contributed by atoms with E-state index in [4.69, 9.17) is 0 Å². The summed E-state index contributed by atoms with van der Waals surface area (Å²) in [6.07, 6.45) is 6.51. The second-order valence-corrected chi connectivity index (χ2v) is 7.43. The Bertz CT molecular complexity index is 412. The number of piperazine rings is 1. The standard InChI is InChI=1S/C19H36N4O2/c1-3-23(4-2)19(25)16-22-12-10-21(11-13-22)15-18(24)20-14-17-8-6-5-7-9-17/h17H,3-16H2,1-2H3,(H,20,24). The van der Waals surface area contributed by atoms with E-state index in [1.807, 2.05) is 18.7 Å². The Kier molecular flexibility index (Phi) is 8.68. The summed E-state index contributed by atoms with van der Waals surface area (Å²) in [7, 11) is 0. The van der Waals surface area contributed by atoms with E-state index in [2.05, 4.69) is 15.1 Å². The lowest BCUT2D eigenvalue weighted by atomic mass is 9.89. The van der Waals surface area contributed by atoms with Gasteiger partial charge in [0.2, 0.25) is 11.8 Å². The van der Waals surface area contributed by atoms with Crippen molar-refractivity contribution in [3.8, 4) is 0 Å². The van der Waals surface area contributed by atoms with Gasteiger partial charge in [0.15, 0.2) is 0 Å². The molecule has 2 rings (SSSR count). The van der Waals surface area contributed by atoms with Gasteiger partial charge in [0.25, 0.3) is 0 Å². The molecule has 1 heterocycles. The molecule has 25 heavy (non-hydrogen) atoms. The molecule has 0 aromatic rings. The molecule has 2 amide bonds. The Morgan fingerprint density at radius 3 is 2.04 bits per heavy atom. The molecule has 1 saturated heterocycles. The van der Waals surface area contributed by atoms with Crippen LogP contribution in [0.2, 0.25) is 0 Å². The Morgan fingerprint density at radius 2 is 1.48 bits per heavy atom. The van der Waals surface area contributed by atoms with Gasteiger partial charge in [-0.15, -0.1) is 0 Å². The molecule has 2 fully saturated rings. The molecule has 0 aromatic heterocycles. The molecule has 6 nitrogen and oxygen atoms in total. The lowest BCUT2D eigenvalue weighted by Gasteiger charge is -2.35. The van der Waals surface area contributed by atoms with E-state index in [-0.39, 0.29) is 11.8 Å². The number of hydrogen-bond acceptors (Lipinski definition) is 4. The van der Waals surface area contributed by atoms with Gasteiger partial charge in [-0.25, -0.2) is 0 Å². The van der Waals surface area contributed by atoms with Crippen LogP contribution >= 0.6 is 0 Å². The predicted octanol–water partition coefficient (Wildman–Crippen LogP) is 1.17. The number of carbonyl (C=O) groups excluding carboxylic acids is 2. The highest BCUT2D eigenvalue weighted by Crippen LogP contribution is 2.22.